The second kappa shape index (κ2) is 12.6. The van der Waals surface area contributed by atoms with Gasteiger partial charge < -0.3 is 14.4 Å². The number of unbranched alkanes of at least 4 members (excludes halogenated alkanes) is 1. The molecule has 0 radical (unpaired) electrons. The molecule has 0 rings (SSSR count). The molecule has 0 saturated carbocycles. The summed E-state index contributed by atoms with van der Waals surface area (Å²) in [6.45, 7) is 9.91. The monoisotopic (exact) mass is 301 g/mol. The van der Waals surface area contributed by atoms with Gasteiger partial charge in [-0.25, -0.2) is 0 Å². The van der Waals surface area contributed by atoms with Gasteiger partial charge in [-0.2, -0.15) is 0 Å². The molecule has 0 saturated heterocycles. The minimum atomic E-state index is -0.246. The largest absolute Gasteiger partial charge is 0.466 e. The van der Waals surface area contributed by atoms with E-state index in [0.29, 0.717) is 32.7 Å². The van der Waals surface area contributed by atoms with E-state index in [1.807, 2.05) is 13.8 Å². The standard InChI is InChI=1S/C16H31NO4/c1-5-7-9-15(18)17(11-8-13-21-14(3)4)12-10-16(19)20-6-2/h14H,5-13H2,1-4H3. The lowest BCUT2D eigenvalue weighted by molar-refractivity contribution is -0.144. The maximum absolute atomic E-state index is 12.1. The molecule has 0 fully saturated rings. The molecule has 0 bridgehead atoms. The van der Waals surface area contributed by atoms with Gasteiger partial charge in [-0.05, 0) is 33.6 Å². The molecule has 5 nitrogen and oxygen atoms in total. The highest BCUT2D eigenvalue weighted by Crippen LogP contribution is 2.04. The summed E-state index contributed by atoms with van der Waals surface area (Å²) in [5.41, 5.74) is 0. The van der Waals surface area contributed by atoms with Crippen LogP contribution in [0.15, 0.2) is 0 Å². The van der Waals surface area contributed by atoms with Crippen molar-refractivity contribution in [2.24, 2.45) is 0 Å². The number of esters is 1. The molecule has 0 atom stereocenters. The number of carbonyl (C=O) groups is 2. The van der Waals surface area contributed by atoms with E-state index in [-0.39, 0.29) is 24.4 Å². The van der Waals surface area contributed by atoms with Gasteiger partial charge in [-0.1, -0.05) is 13.3 Å². The predicted octanol–water partition coefficient (Wildman–Crippen LogP) is 2.77. The van der Waals surface area contributed by atoms with E-state index in [4.69, 9.17) is 9.47 Å². The predicted molar refractivity (Wildman–Crippen MR) is 83.1 cm³/mol. The maximum atomic E-state index is 12.1. The molecule has 5 heteroatoms. The van der Waals surface area contributed by atoms with Gasteiger partial charge in [-0.3, -0.25) is 9.59 Å². The highest BCUT2D eigenvalue weighted by atomic mass is 16.5. The first kappa shape index (κ1) is 19.9. The summed E-state index contributed by atoms with van der Waals surface area (Å²) in [5, 5.41) is 0. The average molecular weight is 301 g/mol. The number of rotatable bonds is 12. The van der Waals surface area contributed by atoms with Gasteiger partial charge in [-0.15, -0.1) is 0 Å². The first-order valence-electron chi connectivity index (χ1n) is 8.06. The van der Waals surface area contributed by atoms with Crippen LogP contribution >= 0.6 is 0 Å². The van der Waals surface area contributed by atoms with E-state index in [1.165, 1.54) is 0 Å². The van der Waals surface area contributed by atoms with Crippen molar-refractivity contribution in [2.75, 3.05) is 26.3 Å². The minimum Gasteiger partial charge on any atom is -0.466 e. The average Bonchev–Trinajstić information content (AvgIpc) is 2.43. The number of hydrogen-bond donors (Lipinski definition) is 0. The van der Waals surface area contributed by atoms with E-state index in [2.05, 4.69) is 6.92 Å². The van der Waals surface area contributed by atoms with Crippen molar-refractivity contribution in [2.45, 2.75) is 65.9 Å². The van der Waals surface area contributed by atoms with Crippen molar-refractivity contribution in [3.8, 4) is 0 Å². The van der Waals surface area contributed by atoms with Crippen molar-refractivity contribution in [1.29, 1.82) is 0 Å². The fourth-order valence-electron chi connectivity index (χ4n) is 1.88. The Balaban J connectivity index is 4.19. The number of nitrogens with zero attached hydrogens (tertiary/aromatic N) is 1. The van der Waals surface area contributed by atoms with E-state index in [1.54, 1.807) is 11.8 Å². The molecule has 0 aromatic rings. The zero-order chi connectivity index (χ0) is 16.1. The summed E-state index contributed by atoms with van der Waals surface area (Å²) in [6.07, 6.45) is 3.68. The molecule has 0 unspecified atom stereocenters. The van der Waals surface area contributed by atoms with E-state index >= 15 is 0 Å². The quantitative estimate of drug-likeness (QED) is 0.411. The lowest BCUT2D eigenvalue weighted by atomic mass is 10.2. The van der Waals surface area contributed by atoms with Crippen LogP contribution in [0.1, 0.15) is 59.8 Å². The minimum absolute atomic E-state index is 0.116. The van der Waals surface area contributed by atoms with Crippen LogP contribution in [0.4, 0.5) is 0 Å². The molecule has 0 spiro atoms. The van der Waals surface area contributed by atoms with E-state index in [0.717, 1.165) is 19.3 Å². The van der Waals surface area contributed by atoms with Crippen molar-refractivity contribution < 1.29 is 19.1 Å². The third-order valence-electron chi connectivity index (χ3n) is 3.01. The summed E-state index contributed by atoms with van der Waals surface area (Å²) in [6, 6.07) is 0. The molecule has 0 aliphatic heterocycles. The third-order valence-corrected chi connectivity index (χ3v) is 3.01. The molecular weight excluding hydrogens is 270 g/mol. The van der Waals surface area contributed by atoms with Gasteiger partial charge in [0.1, 0.15) is 0 Å². The summed E-state index contributed by atoms with van der Waals surface area (Å²) < 4.78 is 10.4. The lowest BCUT2D eigenvalue weighted by Gasteiger charge is -2.22. The summed E-state index contributed by atoms with van der Waals surface area (Å²) >= 11 is 0. The number of hydrogen-bond acceptors (Lipinski definition) is 4. The molecule has 0 N–H and O–H groups in total. The van der Waals surface area contributed by atoms with Crippen LogP contribution in [0.5, 0.6) is 0 Å². The Morgan fingerprint density at radius 3 is 2.33 bits per heavy atom. The van der Waals surface area contributed by atoms with Crippen LogP contribution < -0.4 is 0 Å². The second-order valence-corrected chi connectivity index (χ2v) is 5.31. The SMILES string of the molecule is CCCCC(=O)N(CCCOC(C)C)CCC(=O)OCC. The van der Waals surface area contributed by atoms with Gasteiger partial charge in [0.15, 0.2) is 0 Å². The first-order chi connectivity index (χ1) is 10.0. The molecule has 21 heavy (non-hydrogen) atoms. The van der Waals surface area contributed by atoms with Crippen molar-refractivity contribution >= 4 is 11.9 Å². The Hall–Kier alpha value is -1.10. The number of ether oxygens (including phenoxy) is 2. The number of carbonyl (C=O) groups excluding carboxylic acids is 2. The normalized spacial score (nSPS) is 10.7. The molecule has 0 aliphatic rings. The molecule has 0 aliphatic carbocycles. The Morgan fingerprint density at radius 1 is 1.05 bits per heavy atom. The van der Waals surface area contributed by atoms with E-state index in [9.17, 15) is 9.59 Å². The summed E-state index contributed by atoms with van der Waals surface area (Å²) in [4.78, 5) is 25.3. The Morgan fingerprint density at radius 2 is 1.76 bits per heavy atom. The van der Waals surface area contributed by atoms with Gasteiger partial charge in [0.05, 0.1) is 19.1 Å². The van der Waals surface area contributed by atoms with E-state index < -0.39 is 0 Å². The van der Waals surface area contributed by atoms with Gasteiger partial charge in [0, 0.05) is 26.1 Å². The van der Waals surface area contributed by atoms with Gasteiger partial charge in [0.25, 0.3) is 0 Å². The molecule has 0 aromatic heterocycles. The Kier molecular flexibility index (Phi) is 12.0. The van der Waals surface area contributed by atoms with Gasteiger partial charge in [0.2, 0.25) is 5.91 Å². The van der Waals surface area contributed by atoms with Crippen LogP contribution in [0.2, 0.25) is 0 Å². The van der Waals surface area contributed by atoms with Crippen LogP contribution in [0.25, 0.3) is 0 Å². The summed E-state index contributed by atoms with van der Waals surface area (Å²) in [5.74, 6) is -0.130. The number of amides is 1. The zero-order valence-electron chi connectivity index (χ0n) is 14.0. The highest BCUT2D eigenvalue weighted by Gasteiger charge is 2.14. The van der Waals surface area contributed by atoms with Crippen molar-refractivity contribution in [3.05, 3.63) is 0 Å². The molecular formula is C16H31NO4. The van der Waals surface area contributed by atoms with Crippen LogP contribution in [0.3, 0.4) is 0 Å². The Labute approximate surface area is 129 Å². The fourth-order valence-corrected chi connectivity index (χ4v) is 1.88. The smallest absolute Gasteiger partial charge is 0.307 e. The van der Waals surface area contributed by atoms with Gasteiger partial charge >= 0.3 is 5.97 Å². The first-order valence-corrected chi connectivity index (χ1v) is 8.06. The third kappa shape index (κ3) is 11.3. The van der Waals surface area contributed by atoms with Crippen LogP contribution in [-0.4, -0.2) is 49.2 Å². The molecule has 1 amide bonds. The molecule has 124 valence electrons. The lowest BCUT2D eigenvalue weighted by Crippen LogP contribution is -2.34. The maximum Gasteiger partial charge on any atom is 0.307 e. The Bertz CT molecular complexity index is 292. The van der Waals surface area contributed by atoms with Crippen LogP contribution in [-0.2, 0) is 19.1 Å². The molecule has 0 heterocycles. The van der Waals surface area contributed by atoms with Crippen molar-refractivity contribution in [1.82, 2.24) is 4.90 Å². The fraction of sp³-hybridized carbons (Fsp3) is 0.875. The zero-order valence-corrected chi connectivity index (χ0v) is 14.0. The topological polar surface area (TPSA) is 55.8 Å². The molecule has 0 aromatic carbocycles. The summed E-state index contributed by atoms with van der Waals surface area (Å²) in [7, 11) is 0. The highest BCUT2D eigenvalue weighted by molar-refractivity contribution is 5.77. The van der Waals surface area contributed by atoms with Crippen LogP contribution in [0, 0.1) is 0 Å². The second-order valence-electron chi connectivity index (χ2n) is 5.31. The van der Waals surface area contributed by atoms with Crippen molar-refractivity contribution in [3.63, 3.8) is 0 Å².